The van der Waals surface area contributed by atoms with Crippen molar-refractivity contribution in [2.45, 2.75) is 12.5 Å². The standard InChI is InChI=1S/C21H19NO6/c1-25-18-12-14(9-11-20(23)26-2)8-10-17(18)27-21(24)19-13-16(22-28-19)15-6-4-3-5-7-15/h3-12,19H,13H2,1-2H3/b11-9+. The molecule has 0 spiro atoms. The fourth-order valence-electron chi connectivity index (χ4n) is 2.58. The Bertz CT molecular complexity index is 920. The number of rotatable bonds is 6. The van der Waals surface area contributed by atoms with Crippen LogP contribution in [0.15, 0.2) is 59.8 Å². The van der Waals surface area contributed by atoms with Crippen molar-refractivity contribution in [1.29, 1.82) is 0 Å². The monoisotopic (exact) mass is 381 g/mol. The highest BCUT2D eigenvalue weighted by Gasteiger charge is 2.31. The van der Waals surface area contributed by atoms with Crippen LogP contribution in [0.1, 0.15) is 17.5 Å². The molecule has 144 valence electrons. The molecule has 0 aliphatic carbocycles. The molecule has 1 aliphatic heterocycles. The SMILES string of the molecule is COC(=O)/C=C/c1ccc(OC(=O)C2CC(c3ccccc3)=NO2)c(OC)c1. The number of carbonyl (C=O) groups is 2. The number of oxime groups is 1. The molecule has 28 heavy (non-hydrogen) atoms. The lowest BCUT2D eigenvalue weighted by Crippen LogP contribution is -2.26. The minimum Gasteiger partial charge on any atom is -0.493 e. The zero-order chi connectivity index (χ0) is 19.9. The van der Waals surface area contributed by atoms with E-state index in [9.17, 15) is 9.59 Å². The van der Waals surface area contributed by atoms with Crippen LogP contribution in [0.3, 0.4) is 0 Å². The molecule has 0 radical (unpaired) electrons. The quantitative estimate of drug-likeness (QED) is 0.435. The predicted molar refractivity (Wildman–Crippen MR) is 102 cm³/mol. The van der Waals surface area contributed by atoms with Gasteiger partial charge in [0, 0.05) is 12.5 Å². The first-order chi connectivity index (χ1) is 13.6. The van der Waals surface area contributed by atoms with Gasteiger partial charge in [-0.05, 0) is 29.3 Å². The molecule has 0 saturated carbocycles. The third-order valence-corrected chi connectivity index (χ3v) is 4.05. The molecule has 2 aromatic carbocycles. The van der Waals surface area contributed by atoms with Crippen LogP contribution in [0, 0.1) is 0 Å². The highest BCUT2D eigenvalue weighted by atomic mass is 16.7. The summed E-state index contributed by atoms with van der Waals surface area (Å²) in [5.74, 6) is -0.435. The van der Waals surface area contributed by atoms with Gasteiger partial charge in [0.15, 0.2) is 11.5 Å². The van der Waals surface area contributed by atoms with E-state index >= 15 is 0 Å². The van der Waals surface area contributed by atoms with Gasteiger partial charge in [0.2, 0.25) is 6.10 Å². The van der Waals surface area contributed by atoms with Crippen molar-refractivity contribution in [2.75, 3.05) is 14.2 Å². The van der Waals surface area contributed by atoms with Crippen LogP contribution < -0.4 is 9.47 Å². The van der Waals surface area contributed by atoms with Crippen LogP contribution in [0.2, 0.25) is 0 Å². The summed E-state index contributed by atoms with van der Waals surface area (Å²) in [6.45, 7) is 0. The highest BCUT2D eigenvalue weighted by Crippen LogP contribution is 2.30. The number of ether oxygens (including phenoxy) is 3. The Morgan fingerprint density at radius 3 is 2.61 bits per heavy atom. The van der Waals surface area contributed by atoms with Crippen molar-refractivity contribution < 1.29 is 28.6 Å². The molecular weight excluding hydrogens is 362 g/mol. The smallest absolute Gasteiger partial charge is 0.356 e. The second kappa shape index (κ2) is 8.85. The number of benzene rings is 2. The lowest BCUT2D eigenvalue weighted by molar-refractivity contribution is -0.145. The van der Waals surface area contributed by atoms with Gasteiger partial charge in [0.25, 0.3) is 0 Å². The normalized spacial score (nSPS) is 15.6. The molecule has 0 fully saturated rings. The number of esters is 2. The summed E-state index contributed by atoms with van der Waals surface area (Å²) in [7, 11) is 2.76. The molecule has 1 aliphatic rings. The van der Waals surface area contributed by atoms with E-state index < -0.39 is 18.0 Å². The van der Waals surface area contributed by atoms with Gasteiger partial charge in [0.05, 0.1) is 19.9 Å². The van der Waals surface area contributed by atoms with Crippen molar-refractivity contribution in [3.05, 3.63) is 65.7 Å². The van der Waals surface area contributed by atoms with E-state index in [4.69, 9.17) is 14.3 Å². The van der Waals surface area contributed by atoms with Gasteiger partial charge in [-0.2, -0.15) is 0 Å². The molecule has 7 heteroatoms. The zero-order valence-electron chi connectivity index (χ0n) is 15.5. The van der Waals surface area contributed by atoms with E-state index in [1.165, 1.54) is 20.3 Å². The first-order valence-corrected chi connectivity index (χ1v) is 8.54. The maximum atomic E-state index is 12.4. The fraction of sp³-hybridized carbons (Fsp3) is 0.190. The first kappa shape index (κ1) is 19.2. The molecule has 0 N–H and O–H groups in total. The molecule has 0 aromatic heterocycles. The van der Waals surface area contributed by atoms with Crippen molar-refractivity contribution >= 4 is 23.7 Å². The van der Waals surface area contributed by atoms with E-state index in [1.807, 2.05) is 30.3 Å². The molecule has 0 amide bonds. The average Bonchev–Trinajstić information content (AvgIpc) is 3.23. The Balaban J connectivity index is 1.66. The molecular formula is C21H19NO6. The van der Waals surface area contributed by atoms with Crippen molar-refractivity contribution in [1.82, 2.24) is 0 Å². The van der Waals surface area contributed by atoms with E-state index in [1.54, 1.807) is 24.3 Å². The Morgan fingerprint density at radius 2 is 1.89 bits per heavy atom. The molecule has 1 atom stereocenters. The van der Waals surface area contributed by atoms with Gasteiger partial charge < -0.3 is 19.0 Å². The second-order valence-corrected chi connectivity index (χ2v) is 5.89. The van der Waals surface area contributed by atoms with E-state index in [2.05, 4.69) is 9.89 Å². The third kappa shape index (κ3) is 4.56. The number of methoxy groups -OCH3 is 2. The first-order valence-electron chi connectivity index (χ1n) is 8.54. The van der Waals surface area contributed by atoms with Gasteiger partial charge >= 0.3 is 11.9 Å². The van der Waals surface area contributed by atoms with Gasteiger partial charge in [0.1, 0.15) is 0 Å². The highest BCUT2D eigenvalue weighted by molar-refractivity contribution is 6.03. The molecule has 7 nitrogen and oxygen atoms in total. The van der Waals surface area contributed by atoms with E-state index in [0.29, 0.717) is 23.4 Å². The molecule has 2 aromatic rings. The van der Waals surface area contributed by atoms with Crippen LogP contribution >= 0.6 is 0 Å². The van der Waals surface area contributed by atoms with Gasteiger partial charge in [-0.15, -0.1) is 0 Å². The average molecular weight is 381 g/mol. The lowest BCUT2D eigenvalue weighted by atomic mass is 10.1. The molecule has 0 bridgehead atoms. The summed E-state index contributed by atoms with van der Waals surface area (Å²) >= 11 is 0. The van der Waals surface area contributed by atoms with E-state index in [-0.39, 0.29) is 5.75 Å². The van der Waals surface area contributed by atoms with Gasteiger partial charge in [-0.25, -0.2) is 9.59 Å². The molecule has 0 saturated heterocycles. The fourth-order valence-corrected chi connectivity index (χ4v) is 2.58. The lowest BCUT2D eigenvalue weighted by Gasteiger charge is -2.12. The Labute approximate surface area is 162 Å². The van der Waals surface area contributed by atoms with Crippen LogP contribution in [-0.2, 0) is 19.2 Å². The summed E-state index contributed by atoms with van der Waals surface area (Å²) in [5.41, 5.74) is 2.28. The second-order valence-electron chi connectivity index (χ2n) is 5.89. The summed E-state index contributed by atoms with van der Waals surface area (Å²) in [6.07, 6.45) is 2.36. The Morgan fingerprint density at radius 1 is 1.11 bits per heavy atom. The number of carbonyl (C=O) groups excluding carboxylic acids is 2. The number of hydrogen-bond acceptors (Lipinski definition) is 7. The molecule has 1 heterocycles. The summed E-state index contributed by atoms with van der Waals surface area (Å²) < 4.78 is 15.3. The summed E-state index contributed by atoms with van der Waals surface area (Å²) in [6, 6.07) is 14.4. The Hall–Kier alpha value is -3.61. The minimum atomic E-state index is -0.821. The van der Waals surface area contributed by atoms with Crippen LogP contribution in [0.4, 0.5) is 0 Å². The molecule has 1 unspecified atom stereocenters. The maximum Gasteiger partial charge on any atom is 0.356 e. The van der Waals surface area contributed by atoms with Crippen molar-refractivity contribution in [3.8, 4) is 11.5 Å². The minimum absolute atomic E-state index is 0.250. The maximum absolute atomic E-state index is 12.4. The van der Waals surface area contributed by atoms with Crippen molar-refractivity contribution in [2.24, 2.45) is 5.16 Å². The topological polar surface area (TPSA) is 83.4 Å². The summed E-state index contributed by atoms with van der Waals surface area (Å²) in [5, 5.41) is 3.99. The van der Waals surface area contributed by atoms with Gasteiger partial charge in [-0.3, -0.25) is 0 Å². The number of nitrogens with zero attached hydrogens (tertiary/aromatic N) is 1. The zero-order valence-corrected chi connectivity index (χ0v) is 15.5. The van der Waals surface area contributed by atoms with Crippen LogP contribution in [0.5, 0.6) is 11.5 Å². The summed E-state index contributed by atoms with van der Waals surface area (Å²) in [4.78, 5) is 28.9. The van der Waals surface area contributed by atoms with E-state index in [0.717, 1.165) is 5.56 Å². The third-order valence-electron chi connectivity index (χ3n) is 4.05. The Kier molecular flexibility index (Phi) is 6.06. The van der Waals surface area contributed by atoms with Crippen LogP contribution in [-0.4, -0.2) is 38.0 Å². The van der Waals surface area contributed by atoms with Crippen LogP contribution in [0.25, 0.3) is 6.08 Å². The van der Waals surface area contributed by atoms with Gasteiger partial charge in [-0.1, -0.05) is 41.6 Å². The molecule has 3 rings (SSSR count). The predicted octanol–water partition coefficient (Wildman–Crippen LogP) is 2.98. The van der Waals surface area contributed by atoms with Crippen molar-refractivity contribution in [3.63, 3.8) is 0 Å². The number of hydrogen-bond donors (Lipinski definition) is 0. The largest absolute Gasteiger partial charge is 0.493 e.